The van der Waals surface area contributed by atoms with Crippen LogP contribution < -0.4 is 0 Å². The Hall–Kier alpha value is -0.110. The summed E-state index contributed by atoms with van der Waals surface area (Å²) in [5, 5.41) is 1.81. The number of hydrogen-bond acceptors (Lipinski definition) is 1. The Morgan fingerprint density at radius 1 is 1.67 bits per heavy atom. The Labute approximate surface area is 58.6 Å². The lowest BCUT2D eigenvalue weighted by atomic mass is 9.99. The van der Waals surface area contributed by atoms with Crippen LogP contribution in [0.1, 0.15) is 13.8 Å². The molecule has 2 heteroatoms. The number of allylic oxidation sites excluding steroid dienone is 1. The molecule has 0 aromatic heterocycles. The predicted octanol–water partition coefficient (Wildman–Crippen LogP) is 1.53. The Bertz CT molecular complexity index is 149. The van der Waals surface area contributed by atoms with Crippen LogP contribution in [-0.4, -0.2) is 9.96 Å². The molecular weight excluding hydrogens is 132 g/mol. The second-order valence-corrected chi connectivity index (χ2v) is 4.15. The molecule has 9 heavy (non-hydrogen) atoms. The zero-order valence-corrected chi connectivity index (χ0v) is 6.65. The molecule has 0 amide bonds. The Kier molecular flexibility index (Phi) is 2.06. The minimum Gasteiger partial charge on any atom is -0.255 e. The predicted molar refractivity (Wildman–Crippen MR) is 40.5 cm³/mol. The van der Waals surface area contributed by atoms with Gasteiger partial charge in [0.2, 0.25) is 0 Å². The summed E-state index contributed by atoms with van der Waals surface area (Å²) in [6.07, 6.45) is 2.07. The summed E-state index contributed by atoms with van der Waals surface area (Å²) in [5.41, 5.74) is 0. The van der Waals surface area contributed by atoms with Crippen LogP contribution in [0.25, 0.3) is 0 Å². The standard InChI is InChI=1S/C7H12OS/c1-6(2)7-3-4-9(8)5-7/h3-4,6-7H,5H2,1-2H3. The van der Waals surface area contributed by atoms with Crippen molar-refractivity contribution >= 4 is 10.8 Å². The molecule has 0 N–H and O–H groups in total. The van der Waals surface area contributed by atoms with Gasteiger partial charge in [-0.2, -0.15) is 0 Å². The van der Waals surface area contributed by atoms with Gasteiger partial charge in [0.25, 0.3) is 0 Å². The maximum absolute atomic E-state index is 10.8. The van der Waals surface area contributed by atoms with Crippen molar-refractivity contribution in [2.24, 2.45) is 11.8 Å². The van der Waals surface area contributed by atoms with Crippen molar-refractivity contribution in [2.45, 2.75) is 13.8 Å². The van der Waals surface area contributed by atoms with Gasteiger partial charge >= 0.3 is 0 Å². The van der Waals surface area contributed by atoms with Gasteiger partial charge in [-0.3, -0.25) is 4.21 Å². The fourth-order valence-corrected chi connectivity index (χ4v) is 2.27. The van der Waals surface area contributed by atoms with E-state index in [0.717, 1.165) is 5.75 Å². The van der Waals surface area contributed by atoms with E-state index in [4.69, 9.17) is 0 Å². The summed E-state index contributed by atoms with van der Waals surface area (Å²) in [6, 6.07) is 0. The maximum atomic E-state index is 10.8. The van der Waals surface area contributed by atoms with E-state index in [-0.39, 0.29) is 0 Å². The highest BCUT2D eigenvalue weighted by molar-refractivity contribution is 7.88. The van der Waals surface area contributed by atoms with Crippen molar-refractivity contribution in [1.82, 2.24) is 0 Å². The molecule has 2 unspecified atom stereocenters. The van der Waals surface area contributed by atoms with Crippen molar-refractivity contribution in [1.29, 1.82) is 0 Å². The summed E-state index contributed by atoms with van der Waals surface area (Å²) < 4.78 is 10.8. The Balaban J connectivity index is 2.50. The molecule has 1 heterocycles. The summed E-state index contributed by atoms with van der Waals surface area (Å²) >= 11 is 0. The molecule has 1 aliphatic heterocycles. The average molecular weight is 144 g/mol. The second kappa shape index (κ2) is 2.65. The van der Waals surface area contributed by atoms with Crippen LogP contribution in [-0.2, 0) is 10.8 Å². The van der Waals surface area contributed by atoms with Gasteiger partial charge in [-0.05, 0) is 17.2 Å². The van der Waals surface area contributed by atoms with Crippen LogP contribution in [0.15, 0.2) is 11.5 Å². The van der Waals surface area contributed by atoms with E-state index in [1.54, 1.807) is 0 Å². The highest BCUT2D eigenvalue weighted by atomic mass is 32.2. The van der Waals surface area contributed by atoms with E-state index in [2.05, 4.69) is 19.9 Å². The van der Waals surface area contributed by atoms with Crippen molar-refractivity contribution in [2.75, 3.05) is 5.75 Å². The van der Waals surface area contributed by atoms with Crippen LogP contribution >= 0.6 is 0 Å². The quantitative estimate of drug-likeness (QED) is 0.545. The van der Waals surface area contributed by atoms with Gasteiger partial charge in [-0.25, -0.2) is 0 Å². The van der Waals surface area contributed by atoms with E-state index in [9.17, 15) is 4.21 Å². The first-order valence-corrected chi connectivity index (χ1v) is 4.64. The first kappa shape index (κ1) is 7.00. The molecule has 1 aliphatic rings. The fraction of sp³-hybridized carbons (Fsp3) is 0.714. The lowest BCUT2D eigenvalue weighted by Crippen LogP contribution is -2.07. The maximum Gasteiger partial charge on any atom is 0.0458 e. The normalized spacial score (nSPS) is 34.1. The largest absolute Gasteiger partial charge is 0.255 e. The molecule has 0 saturated carbocycles. The summed E-state index contributed by atoms with van der Waals surface area (Å²) in [6.45, 7) is 4.33. The molecule has 52 valence electrons. The third-order valence-corrected chi connectivity index (χ3v) is 2.86. The topological polar surface area (TPSA) is 17.1 Å². The number of hydrogen-bond donors (Lipinski definition) is 0. The molecule has 0 aliphatic carbocycles. The average Bonchev–Trinajstić information content (AvgIpc) is 2.14. The van der Waals surface area contributed by atoms with E-state index in [1.807, 2.05) is 5.41 Å². The van der Waals surface area contributed by atoms with Gasteiger partial charge in [0.05, 0.1) is 0 Å². The van der Waals surface area contributed by atoms with Gasteiger partial charge in [0.15, 0.2) is 0 Å². The van der Waals surface area contributed by atoms with Crippen LogP contribution in [0.3, 0.4) is 0 Å². The lowest BCUT2D eigenvalue weighted by molar-refractivity contribution is 0.513. The van der Waals surface area contributed by atoms with Gasteiger partial charge in [0, 0.05) is 16.6 Å². The van der Waals surface area contributed by atoms with E-state index in [0.29, 0.717) is 11.8 Å². The second-order valence-electron chi connectivity index (χ2n) is 2.78. The van der Waals surface area contributed by atoms with Crippen LogP contribution in [0.4, 0.5) is 0 Å². The van der Waals surface area contributed by atoms with Crippen LogP contribution in [0, 0.1) is 11.8 Å². The third kappa shape index (κ3) is 1.65. The van der Waals surface area contributed by atoms with Crippen LogP contribution in [0.2, 0.25) is 0 Å². The van der Waals surface area contributed by atoms with E-state index < -0.39 is 10.8 Å². The highest BCUT2D eigenvalue weighted by Crippen LogP contribution is 2.19. The zero-order valence-electron chi connectivity index (χ0n) is 5.83. The fourth-order valence-electron chi connectivity index (χ4n) is 0.904. The molecule has 2 atom stereocenters. The minimum absolute atomic E-state index is 0.561. The van der Waals surface area contributed by atoms with E-state index in [1.165, 1.54) is 0 Å². The minimum atomic E-state index is -0.654. The molecule has 0 aromatic rings. The summed E-state index contributed by atoms with van der Waals surface area (Å²) in [7, 11) is -0.654. The number of rotatable bonds is 1. The van der Waals surface area contributed by atoms with Crippen molar-refractivity contribution in [3.05, 3.63) is 11.5 Å². The third-order valence-electron chi connectivity index (χ3n) is 1.69. The monoisotopic (exact) mass is 144 g/mol. The molecule has 0 fully saturated rings. The van der Waals surface area contributed by atoms with Gasteiger partial charge in [-0.1, -0.05) is 19.9 Å². The molecule has 0 saturated heterocycles. The molecular formula is C7H12OS. The first-order chi connectivity index (χ1) is 4.20. The smallest absolute Gasteiger partial charge is 0.0458 e. The Morgan fingerprint density at radius 3 is 2.56 bits per heavy atom. The molecule has 0 aromatic carbocycles. The molecule has 1 rings (SSSR count). The zero-order chi connectivity index (χ0) is 6.85. The summed E-state index contributed by atoms with van der Waals surface area (Å²) in [4.78, 5) is 0. The molecule has 0 spiro atoms. The van der Waals surface area contributed by atoms with Crippen molar-refractivity contribution in [3.8, 4) is 0 Å². The van der Waals surface area contributed by atoms with Gasteiger partial charge in [0.1, 0.15) is 0 Å². The first-order valence-electron chi connectivity index (χ1n) is 3.25. The highest BCUT2D eigenvalue weighted by Gasteiger charge is 2.17. The van der Waals surface area contributed by atoms with Gasteiger partial charge in [-0.15, -0.1) is 0 Å². The van der Waals surface area contributed by atoms with Crippen molar-refractivity contribution in [3.63, 3.8) is 0 Å². The molecule has 0 radical (unpaired) electrons. The van der Waals surface area contributed by atoms with Crippen molar-refractivity contribution < 1.29 is 4.21 Å². The molecule has 1 nitrogen and oxygen atoms in total. The van der Waals surface area contributed by atoms with Gasteiger partial charge < -0.3 is 0 Å². The Morgan fingerprint density at radius 2 is 2.33 bits per heavy atom. The van der Waals surface area contributed by atoms with Crippen LogP contribution in [0.5, 0.6) is 0 Å². The SMILES string of the molecule is CC(C)C1C=CS(=O)C1. The summed E-state index contributed by atoms with van der Waals surface area (Å²) in [5.74, 6) is 2.05. The molecule has 0 bridgehead atoms. The lowest BCUT2D eigenvalue weighted by Gasteiger charge is -2.08. The van der Waals surface area contributed by atoms with E-state index >= 15 is 0 Å².